The average molecular weight is 282 g/mol. The molecule has 0 radical (unpaired) electrons. The molecule has 0 saturated heterocycles. The molecular weight excluding hydrogens is 268 g/mol. The highest BCUT2D eigenvalue weighted by molar-refractivity contribution is 5.96. The zero-order valence-electron chi connectivity index (χ0n) is 11.5. The number of nitrogens with zero attached hydrogens (tertiary/aromatic N) is 2. The van der Waals surface area contributed by atoms with Crippen LogP contribution in [0, 0.1) is 27.2 Å². The van der Waals surface area contributed by atoms with E-state index in [2.05, 4.69) is 0 Å². The molecule has 0 spiro atoms. The van der Waals surface area contributed by atoms with Crippen molar-refractivity contribution in [2.24, 2.45) is 0 Å². The van der Waals surface area contributed by atoms with Gasteiger partial charge in [0.15, 0.2) is 0 Å². The Morgan fingerprint density at radius 3 is 2.00 bits per heavy atom. The third kappa shape index (κ3) is 2.58. The lowest BCUT2D eigenvalue weighted by molar-refractivity contribution is -0.395. The Bertz CT molecular complexity index is 615. The number of rotatable bonds is 3. The maximum Gasteiger partial charge on any atom is 0.343 e. The van der Waals surface area contributed by atoms with Crippen molar-refractivity contribution in [3.63, 3.8) is 0 Å². The number of hydrogen-bond acceptors (Lipinski definition) is 5. The molecule has 0 aliphatic rings. The minimum Gasteiger partial charge on any atom is -0.477 e. The quantitative estimate of drug-likeness (QED) is 0.671. The summed E-state index contributed by atoms with van der Waals surface area (Å²) in [6.45, 7) is 6.09. The van der Waals surface area contributed by atoms with Gasteiger partial charge in [-0.05, 0) is 17.9 Å². The van der Waals surface area contributed by atoms with Crippen molar-refractivity contribution in [1.29, 1.82) is 0 Å². The average Bonchev–Trinajstić information content (AvgIpc) is 2.25. The Balaban J connectivity index is 3.98. The number of carboxylic acid groups (broad SMARTS) is 1. The molecule has 0 atom stereocenters. The highest BCUT2D eigenvalue weighted by atomic mass is 16.6. The molecule has 1 N–H and O–H groups in total. The fourth-order valence-electron chi connectivity index (χ4n) is 1.98. The van der Waals surface area contributed by atoms with Crippen LogP contribution in [0.25, 0.3) is 0 Å². The smallest absolute Gasteiger partial charge is 0.343 e. The van der Waals surface area contributed by atoms with E-state index in [1.165, 1.54) is 6.92 Å². The minimum absolute atomic E-state index is 0.0639. The molecule has 1 aromatic rings. The standard InChI is InChI=1S/C12H14N2O6/c1-6-8(13(17)18)5-7(12(2,3)4)9(11(15)16)10(6)14(19)20/h5H,1-4H3,(H,15,16). The van der Waals surface area contributed by atoms with Crippen LogP contribution in [0.2, 0.25) is 0 Å². The minimum atomic E-state index is -1.47. The van der Waals surface area contributed by atoms with Gasteiger partial charge in [-0.15, -0.1) is 0 Å². The van der Waals surface area contributed by atoms with E-state index < -0.39 is 38.2 Å². The van der Waals surface area contributed by atoms with Crippen LogP contribution in [0.1, 0.15) is 42.3 Å². The van der Waals surface area contributed by atoms with Crippen LogP contribution >= 0.6 is 0 Å². The summed E-state index contributed by atoms with van der Waals surface area (Å²) in [6, 6.07) is 1.10. The van der Waals surface area contributed by atoms with E-state index in [-0.39, 0.29) is 11.1 Å². The van der Waals surface area contributed by atoms with E-state index >= 15 is 0 Å². The molecule has 0 unspecified atom stereocenters. The molecule has 1 rings (SSSR count). The van der Waals surface area contributed by atoms with E-state index in [0.29, 0.717) is 0 Å². The summed E-state index contributed by atoms with van der Waals surface area (Å²) in [4.78, 5) is 31.8. The number of carbonyl (C=O) groups is 1. The van der Waals surface area contributed by atoms with Gasteiger partial charge < -0.3 is 5.11 Å². The summed E-state index contributed by atoms with van der Waals surface area (Å²) in [5.74, 6) is -1.47. The second kappa shape index (κ2) is 4.87. The molecule has 0 aliphatic carbocycles. The Morgan fingerprint density at radius 2 is 1.70 bits per heavy atom. The monoisotopic (exact) mass is 282 g/mol. The Labute approximate surface area is 114 Å². The highest BCUT2D eigenvalue weighted by Gasteiger charge is 2.36. The number of carboxylic acids is 1. The van der Waals surface area contributed by atoms with Crippen molar-refractivity contribution in [3.8, 4) is 0 Å². The van der Waals surface area contributed by atoms with Gasteiger partial charge in [0.1, 0.15) is 11.1 Å². The Kier molecular flexibility index (Phi) is 3.79. The van der Waals surface area contributed by atoms with E-state index in [1.54, 1.807) is 20.8 Å². The van der Waals surface area contributed by atoms with Gasteiger partial charge in [0.25, 0.3) is 11.4 Å². The van der Waals surface area contributed by atoms with Gasteiger partial charge in [-0.2, -0.15) is 0 Å². The van der Waals surface area contributed by atoms with Gasteiger partial charge in [0, 0.05) is 6.07 Å². The normalized spacial score (nSPS) is 11.2. The van der Waals surface area contributed by atoms with Crippen LogP contribution in [-0.4, -0.2) is 20.9 Å². The molecule has 20 heavy (non-hydrogen) atoms. The molecular formula is C12H14N2O6. The van der Waals surface area contributed by atoms with Gasteiger partial charge in [-0.3, -0.25) is 20.2 Å². The molecule has 0 bridgehead atoms. The summed E-state index contributed by atoms with van der Waals surface area (Å²) in [5, 5.41) is 31.4. The second-order valence-electron chi connectivity index (χ2n) is 5.36. The number of benzene rings is 1. The Hall–Kier alpha value is -2.51. The molecule has 0 fully saturated rings. The third-order valence-corrected chi connectivity index (χ3v) is 2.93. The molecule has 8 heteroatoms. The summed E-state index contributed by atoms with van der Waals surface area (Å²) in [5.41, 5.74) is -2.65. The SMILES string of the molecule is Cc1c([N+](=O)[O-])cc(C(C)(C)C)c(C(=O)O)c1[N+](=O)[O-]. The first-order chi connectivity index (χ1) is 8.98. The second-order valence-corrected chi connectivity index (χ2v) is 5.36. The van der Waals surface area contributed by atoms with Crippen LogP contribution < -0.4 is 0 Å². The first-order valence-corrected chi connectivity index (χ1v) is 5.68. The van der Waals surface area contributed by atoms with E-state index in [4.69, 9.17) is 0 Å². The number of hydrogen-bond donors (Lipinski definition) is 1. The first kappa shape index (κ1) is 15.5. The van der Waals surface area contributed by atoms with Gasteiger partial charge in [0.2, 0.25) is 0 Å². The largest absolute Gasteiger partial charge is 0.477 e. The fraction of sp³-hybridized carbons (Fsp3) is 0.417. The lowest BCUT2D eigenvalue weighted by atomic mass is 9.81. The predicted molar refractivity (Wildman–Crippen MR) is 70.1 cm³/mol. The van der Waals surface area contributed by atoms with Crippen molar-refractivity contribution in [1.82, 2.24) is 0 Å². The molecule has 0 saturated carbocycles. The van der Waals surface area contributed by atoms with Crippen molar-refractivity contribution < 1.29 is 19.7 Å². The number of nitro groups is 2. The van der Waals surface area contributed by atoms with Crippen LogP contribution in [0.15, 0.2) is 6.07 Å². The topological polar surface area (TPSA) is 124 Å². The van der Waals surface area contributed by atoms with Crippen LogP contribution in [0.4, 0.5) is 11.4 Å². The van der Waals surface area contributed by atoms with Crippen molar-refractivity contribution in [2.45, 2.75) is 33.1 Å². The zero-order valence-corrected chi connectivity index (χ0v) is 11.5. The lowest BCUT2D eigenvalue weighted by Gasteiger charge is -2.21. The molecule has 0 aliphatic heterocycles. The molecule has 1 aromatic carbocycles. The highest BCUT2D eigenvalue weighted by Crippen LogP contribution is 2.39. The molecule has 0 amide bonds. The summed E-state index contributed by atoms with van der Waals surface area (Å²) in [7, 11) is 0. The Morgan fingerprint density at radius 1 is 1.20 bits per heavy atom. The zero-order chi connectivity index (χ0) is 15.8. The molecule has 0 aromatic heterocycles. The molecule has 108 valence electrons. The van der Waals surface area contributed by atoms with E-state index in [0.717, 1.165) is 6.07 Å². The first-order valence-electron chi connectivity index (χ1n) is 5.68. The summed E-state index contributed by atoms with van der Waals surface area (Å²) < 4.78 is 0. The van der Waals surface area contributed by atoms with Gasteiger partial charge in [-0.25, -0.2) is 4.79 Å². The van der Waals surface area contributed by atoms with Crippen LogP contribution in [0.5, 0.6) is 0 Å². The van der Waals surface area contributed by atoms with Crippen molar-refractivity contribution >= 4 is 17.3 Å². The van der Waals surface area contributed by atoms with Crippen molar-refractivity contribution in [2.75, 3.05) is 0 Å². The molecule has 8 nitrogen and oxygen atoms in total. The maximum atomic E-state index is 11.4. The predicted octanol–water partition coefficient (Wildman–Crippen LogP) is 2.81. The van der Waals surface area contributed by atoms with E-state index in [9.17, 15) is 30.1 Å². The number of aromatic carboxylic acids is 1. The number of nitro benzene ring substituents is 2. The third-order valence-electron chi connectivity index (χ3n) is 2.93. The van der Waals surface area contributed by atoms with Gasteiger partial charge >= 0.3 is 5.97 Å². The van der Waals surface area contributed by atoms with Gasteiger partial charge in [-0.1, -0.05) is 20.8 Å². The maximum absolute atomic E-state index is 11.4. The van der Waals surface area contributed by atoms with Crippen LogP contribution in [-0.2, 0) is 5.41 Å². The molecule has 0 heterocycles. The summed E-state index contributed by atoms with van der Waals surface area (Å²) in [6.07, 6.45) is 0. The van der Waals surface area contributed by atoms with Gasteiger partial charge in [0.05, 0.1) is 9.85 Å². The fourth-order valence-corrected chi connectivity index (χ4v) is 1.98. The van der Waals surface area contributed by atoms with Crippen LogP contribution in [0.3, 0.4) is 0 Å². The summed E-state index contributed by atoms with van der Waals surface area (Å²) >= 11 is 0. The lowest BCUT2D eigenvalue weighted by Crippen LogP contribution is -2.20. The van der Waals surface area contributed by atoms with Crippen molar-refractivity contribution in [3.05, 3.63) is 43.0 Å². The van der Waals surface area contributed by atoms with E-state index in [1.807, 2.05) is 0 Å².